The van der Waals surface area contributed by atoms with Crippen LogP contribution in [-0.2, 0) is 9.53 Å². The lowest BCUT2D eigenvalue weighted by Gasteiger charge is -2.21. The average Bonchev–Trinajstić information content (AvgIpc) is 3.57. The predicted molar refractivity (Wildman–Crippen MR) is 122 cm³/mol. The van der Waals surface area contributed by atoms with Crippen LogP contribution in [-0.4, -0.2) is 36.4 Å². The second kappa shape index (κ2) is 8.74. The van der Waals surface area contributed by atoms with Crippen LogP contribution < -0.4 is 19.5 Å². The van der Waals surface area contributed by atoms with Crippen molar-refractivity contribution in [3.63, 3.8) is 0 Å². The van der Waals surface area contributed by atoms with Gasteiger partial charge in [-0.25, -0.2) is 9.78 Å². The van der Waals surface area contributed by atoms with Gasteiger partial charge in [0.15, 0.2) is 23.8 Å². The van der Waals surface area contributed by atoms with Crippen LogP contribution in [0.1, 0.15) is 36.2 Å². The van der Waals surface area contributed by atoms with Crippen LogP contribution in [0.25, 0.3) is 10.6 Å². The molecule has 0 radical (unpaired) electrons. The molecule has 1 fully saturated rings. The lowest BCUT2D eigenvalue weighted by molar-refractivity contribution is -0.119. The number of thiazole rings is 1. The number of nitrogens with one attached hydrogen (secondary N) is 1. The van der Waals surface area contributed by atoms with E-state index in [4.69, 9.17) is 18.9 Å². The summed E-state index contributed by atoms with van der Waals surface area (Å²) in [6.45, 7) is -0.424. The number of benzene rings is 2. The molecule has 33 heavy (non-hydrogen) atoms. The molecule has 0 bridgehead atoms. The maximum atomic E-state index is 12.3. The third kappa shape index (κ3) is 4.49. The van der Waals surface area contributed by atoms with Crippen molar-refractivity contribution in [2.75, 3.05) is 19.0 Å². The summed E-state index contributed by atoms with van der Waals surface area (Å²) in [5.41, 5.74) is 1.56. The highest BCUT2D eigenvalue weighted by atomic mass is 32.1. The zero-order chi connectivity index (χ0) is 22.8. The van der Waals surface area contributed by atoms with Gasteiger partial charge < -0.3 is 24.3 Å². The number of carbonyl (C=O) groups is 2. The molecule has 1 saturated carbocycles. The van der Waals surface area contributed by atoms with Gasteiger partial charge in [0.05, 0.1) is 7.11 Å². The monoisotopic (exact) mass is 466 g/mol. The summed E-state index contributed by atoms with van der Waals surface area (Å²) in [6, 6.07) is 12.6. The third-order valence-electron chi connectivity index (χ3n) is 5.57. The largest absolute Gasteiger partial charge is 0.497 e. The van der Waals surface area contributed by atoms with Gasteiger partial charge in [-0.05, 0) is 49.2 Å². The maximum absolute atomic E-state index is 12.3. The van der Waals surface area contributed by atoms with Crippen molar-refractivity contribution in [1.29, 1.82) is 0 Å². The first-order valence-corrected chi connectivity index (χ1v) is 11.5. The molecule has 3 aromatic rings. The number of amides is 1. The molecule has 0 unspecified atom stereocenters. The van der Waals surface area contributed by atoms with Crippen molar-refractivity contribution < 1.29 is 28.5 Å². The molecule has 9 heteroatoms. The van der Waals surface area contributed by atoms with Gasteiger partial charge in [0.2, 0.25) is 0 Å². The fourth-order valence-corrected chi connectivity index (χ4v) is 4.72. The van der Waals surface area contributed by atoms with E-state index in [0.29, 0.717) is 22.2 Å². The van der Waals surface area contributed by atoms with E-state index in [0.717, 1.165) is 37.0 Å². The predicted octanol–water partition coefficient (Wildman–Crippen LogP) is 4.66. The Labute approximate surface area is 194 Å². The van der Waals surface area contributed by atoms with Crippen molar-refractivity contribution in [3.05, 3.63) is 53.5 Å². The summed E-state index contributed by atoms with van der Waals surface area (Å²) >= 11 is 1.32. The molecule has 170 valence electrons. The summed E-state index contributed by atoms with van der Waals surface area (Å²) < 4.78 is 22.3. The zero-order valence-corrected chi connectivity index (χ0v) is 18.8. The fraction of sp³-hybridized carbons (Fsp3) is 0.292. The van der Waals surface area contributed by atoms with Gasteiger partial charge in [-0.2, -0.15) is 0 Å². The number of hydrogen-bond acceptors (Lipinski definition) is 8. The first kappa shape index (κ1) is 21.3. The summed E-state index contributed by atoms with van der Waals surface area (Å²) in [4.78, 5) is 28.9. The number of aromatic nitrogens is 1. The average molecular weight is 467 g/mol. The maximum Gasteiger partial charge on any atom is 0.358 e. The highest BCUT2D eigenvalue weighted by molar-refractivity contribution is 7.13. The topological polar surface area (TPSA) is 96.0 Å². The Kier molecular flexibility index (Phi) is 5.63. The van der Waals surface area contributed by atoms with Crippen LogP contribution in [0.3, 0.4) is 0 Å². The molecule has 1 aromatic heterocycles. The number of hydrogen-bond donors (Lipinski definition) is 1. The van der Waals surface area contributed by atoms with E-state index in [9.17, 15) is 9.59 Å². The van der Waals surface area contributed by atoms with Crippen LogP contribution >= 0.6 is 11.3 Å². The smallest absolute Gasteiger partial charge is 0.358 e. The Morgan fingerprint density at radius 3 is 2.61 bits per heavy atom. The van der Waals surface area contributed by atoms with E-state index in [1.54, 1.807) is 30.7 Å². The molecule has 2 aromatic carbocycles. The Hall–Kier alpha value is -3.59. The second-order valence-electron chi connectivity index (χ2n) is 7.87. The lowest BCUT2D eigenvalue weighted by Crippen LogP contribution is -2.34. The van der Waals surface area contributed by atoms with Crippen LogP contribution in [0.4, 0.5) is 5.69 Å². The number of fused-ring (bicyclic) bond motifs is 1. The van der Waals surface area contributed by atoms with Crippen LogP contribution in [0.5, 0.6) is 17.2 Å². The van der Waals surface area contributed by atoms with Crippen molar-refractivity contribution >= 4 is 28.9 Å². The molecule has 2 heterocycles. The molecule has 1 N–H and O–H groups in total. The standard InChI is InChI=1S/C24H22N2O6S/c1-29-17-7-4-15(5-8-17)22-26-18(14-33-22)23(28)30-13-21(27)25-16-6-9-19-20(12-16)32-24(31-19)10-2-3-11-24/h4-9,12,14H,2-3,10-11,13H2,1H3,(H,25,27). The number of esters is 1. The van der Waals surface area contributed by atoms with Crippen molar-refractivity contribution in [2.45, 2.75) is 31.5 Å². The Morgan fingerprint density at radius 2 is 1.85 bits per heavy atom. The number of methoxy groups -OCH3 is 1. The lowest BCUT2D eigenvalue weighted by atomic mass is 10.2. The van der Waals surface area contributed by atoms with E-state index in [2.05, 4.69) is 10.3 Å². The van der Waals surface area contributed by atoms with Gasteiger partial charge >= 0.3 is 5.97 Å². The van der Waals surface area contributed by atoms with Crippen LogP contribution in [0.2, 0.25) is 0 Å². The SMILES string of the molecule is COc1ccc(-c2nc(C(=O)OCC(=O)Nc3ccc4c(c3)OC3(CCCC3)O4)cs2)cc1. The van der Waals surface area contributed by atoms with E-state index in [1.807, 2.05) is 24.3 Å². The summed E-state index contributed by atoms with van der Waals surface area (Å²) in [5, 5.41) is 5.00. The van der Waals surface area contributed by atoms with Gasteiger partial charge in [0.25, 0.3) is 11.7 Å². The highest BCUT2D eigenvalue weighted by Crippen LogP contribution is 2.47. The van der Waals surface area contributed by atoms with Gasteiger partial charge in [0.1, 0.15) is 10.8 Å². The van der Waals surface area contributed by atoms with E-state index in [1.165, 1.54) is 11.3 Å². The quantitative estimate of drug-likeness (QED) is 0.528. The molecule has 2 aliphatic rings. The van der Waals surface area contributed by atoms with Crippen LogP contribution in [0, 0.1) is 0 Å². The number of ether oxygens (including phenoxy) is 4. The first-order chi connectivity index (χ1) is 16.0. The molecule has 0 saturated heterocycles. The normalized spacial score (nSPS) is 15.4. The Balaban J connectivity index is 1.15. The highest BCUT2D eigenvalue weighted by Gasteiger charge is 2.44. The summed E-state index contributed by atoms with van der Waals surface area (Å²) in [5.74, 6) is 0.358. The Morgan fingerprint density at radius 1 is 1.09 bits per heavy atom. The minimum absolute atomic E-state index is 0.156. The molecule has 5 rings (SSSR count). The minimum Gasteiger partial charge on any atom is -0.497 e. The zero-order valence-electron chi connectivity index (χ0n) is 18.0. The Bertz CT molecular complexity index is 1180. The molecular formula is C24H22N2O6S. The summed E-state index contributed by atoms with van der Waals surface area (Å²) in [7, 11) is 1.60. The van der Waals surface area contributed by atoms with E-state index < -0.39 is 24.3 Å². The van der Waals surface area contributed by atoms with Gasteiger partial charge in [0, 0.05) is 35.5 Å². The molecular weight excluding hydrogens is 444 g/mol. The van der Waals surface area contributed by atoms with Crippen molar-refractivity contribution in [3.8, 4) is 27.8 Å². The van der Waals surface area contributed by atoms with Crippen molar-refractivity contribution in [1.82, 2.24) is 4.98 Å². The van der Waals surface area contributed by atoms with Gasteiger partial charge in [-0.1, -0.05) is 0 Å². The first-order valence-electron chi connectivity index (χ1n) is 10.6. The number of nitrogens with zero attached hydrogens (tertiary/aromatic N) is 1. The number of anilines is 1. The van der Waals surface area contributed by atoms with Gasteiger partial charge in [-0.15, -0.1) is 11.3 Å². The molecule has 0 atom stereocenters. The molecule has 8 nitrogen and oxygen atoms in total. The fourth-order valence-electron chi connectivity index (χ4n) is 3.93. The third-order valence-corrected chi connectivity index (χ3v) is 6.46. The van der Waals surface area contributed by atoms with Crippen LogP contribution in [0.15, 0.2) is 47.8 Å². The number of carbonyl (C=O) groups excluding carboxylic acids is 2. The number of rotatable bonds is 6. The van der Waals surface area contributed by atoms with E-state index >= 15 is 0 Å². The van der Waals surface area contributed by atoms with E-state index in [-0.39, 0.29) is 5.69 Å². The minimum atomic E-state index is -0.657. The summed E-state index contributed by atoms with van der Waals surface area (Å²) in [6.07, 6.45) is 3.86. The van der Waals surface area contributed by atoms with Crippen molar-refractivity contribution in [2.24, 2.45) is 0 Å². The molecule has 1 aliphatic carbocycles. The molecule has 1 aliphatic heterocycles. The van der Waals surface area contributed by atoms with Gasteiger partial charge in [-0.3, -0.25) is 4.79 Å². The second-order valence-corrected chi connectivity index (χ2v) is 8.73. The molecule has 1 amide bonds. The molecule has 1 spiro atoms.